The molecule has 2 aromatic rings. The highest BCUT2D eigenvalue weighted by molar-refractivity contribution is 6.04. The van der Waals surface area contributed by atoms with Gasteiger partial charge in [0.15, 0.2) is 5.76 Å². The van der Waals surface area contributed by atoms with E-state index in [0.29, 0.717) is 11.4 Å². The van der Waals surface area contributed by atoms with E-state index in [1.54, 1.807) is 32.2 Å². The summed E-state index contributed by atoms with van der Waals surface area (Å²) in [5.41, 5.74) is 1.22. The van der Waals surface area contributed by atoms with E-state index in [1.807, 2.05) is 6.07 Å². The third kappa shape index (κ3) is 2.09. The van der Waals surface area contributed by atoms with Crippen LogP contribution in [-0.2, 0) is 0 Å². The maximum Gasteiger partial charge on any atom is 0.295 e. The van der Waals surface area contributed by atoms with Gasteiger partial charge in [-0.3, -0.25) is 9.69 Å². The lowest BCUT2D eigenvalue weighted by Crippen LogP contribution is -2.27. The van der Waals surface area contributed by atoms with Crippen LogP contribution in [0.5, 0.6) is 0 Å². The second-order valence-corrected chi connectivity index (χ2v) is 3.81. The summed E-state index contributed by atoms with van der Waals surface area (Å²) in [6.07, 6.45) is 2.96. The first-order valence-electron chi connectivity index (χ1n) is 5.32. The largest absolute Gasteiger partial charge is 0.459 e. The van der Waals surface area contributed by atoms with Crippen LogP contribution in [0, 0.1) is 18.3 Å². The minimum atomic E-state index is -0.292. The van der Waals surface area contributed by atoms with Gasteiger partial charge in [0.1, 0.15) is 5.82 Å². The SMILES string of the molecule is Cc1ccoc1C(=O)N(C)c1cc(C#N)ccn1. The summed E-state index contributed by atoms with van der Waals surface area (Å²) in [5.74, 6) is 0.400. The highest BCUT2D eigenvalue weighted by atomic mass is 16.3. The third-order valence-corrected chi connectivity index (χ3v) is 2.58. The minimum absolute atomic E-state index is 0.279. The number of rotatable bonds is 2. The zero-order valence-electron chi connectivity index (χ0n) is 10.0. The van der Waals surface area contributed by atoms with Crippen LogP contribution in [0.1, 0.15) is 21.7 Å². The molecule has 0 spiro atoms. The van der Waals surface area contributed by atoms with Gasteiger partial charge in [0, 0.05) is 18.8 Å². The van der Waals surface area contributed by atoms with Crippen LogP contribution in [0.4, 0.5) is 5.82 Å². The molecule has 0 aromatic carbocycles. The highest BCUT2D eigenvalue weighted by Gasteiger charge is 2.19. The third-order valence-electron chi connectivity index (χ3n) is 2.58. The van der Waals surface area contributed by atoms with Crippen molar-refractivity contribution in [2.24, 2.45) is 0 Å². The summed E-state index contributed by atoms with van der Waals surface area (Å²) in [6, 6.07) is 6.86. The molecule has 0 unspecified atom stereocenters. The lowest BCUT2D eigenvalue weighted by Gasteiger charge is -2.15. The number of carbonyl (C=O) groups excluding carboxylic acids is 1. The van der Waals surface area contributed by atoms with Crippen LogP contribution in [0.3, 0.4) is 0 Å². The van der Waals surface area contributed by atoms with E-state index in [4.69, 9.17) is 9.68 Å². The fourth-order valence-electron chi connectivity index (χ4n) is 1.52. The molecule has 0 N–H and O–H groups in total. The predicted molar refractivity (Wildman–Crippen MR) is 65.1 cm³/mol. The quantitative estimate of drug-likeness (QED) is 0.807. The van der Waals surface area contributed by atoms with Gasteiger partial charge in [0.05, 0.1) is 17.9 Å². The van der Waals surface area contributed by atoms with E-state index in [1.165, 1.54) is 17.4 Å². The van der Waals surface area contributed by atoms with E-state index < -0.39 is 0 Å². The van der Waals surface area contributed by atoms with Crippen molar-refractivity contribution in [2.75, 3.05) is 11.9 Å². The average Bonchev–Trinajstić information content (AvgIpc) is 2.83. The summed E-state index contributed by atoms with van der Waals surface area (Å²) < 4.78 is 5.14. The van der Waals surface area contributed by atoms with Gasteiger partial charge >= 0.3 is 0 Å². The Balaban J connectivity index is 2.32. The molecule has 0 saturated carbocycles. The molecule has 0 saturated heterocycles. The summed E-state index contributed by atoms with van der Waals surface area (Å²) in [5, 5.41) is 8.81. The van der Waals surface area contributed by atoms with Crippen LogP contribution in [0.25, 0.3) is 0 Å². The minimum Gasteiger partial charge on any atom is -0.459 e. The van der Waals surface area contributed by atoms with Crippen molar-refractivity contribution in [1.29, 1.82) is 5.26 Å². The molecular weight excluding hydrogens is 230 g/mol. The van der Waals surface area contributed by atoms with E-state index >= 15 is 0 Å². The number of aryl methyl sites for hydroxylation is 1. The van der Waals surface area contributed by atoms with Gasteiger partial charge in [0.2, 0.25) is 0 Å². The van der Waals surface area contributed by atoms with Gasteiger partial charge in [-0.25, -0.2) is 4.98 Å². The summed E-state index contributed by atoms with van der Waals surface area (Å²) in [4.78, 5) is 17.5. The maximum absolute atomic E-state index is 12.1. The van der Waals surface area contributed by atoms with Crippen LogP contribution in [0.15, 0.2) is 35.1 Å². The van der Waals surface area contributed by atoms with Crippen LogP contribution < -0.4 is 4.90 Å². The Kier molecular flexibility index (Phi) is 3.11. The molecule has 90 valence electrons. The standard InChI is InChI=1S/C13H11N3O2/c1-9-4-6-18-12(9)13(17)16(2)11-7-10(8-14)3-5-15-11/h3-7H,1-2H3. The van der Waals surface area contributed by atoms with Crippen molar-refractivity contribution >= 4 is 11.7 Å². The highest BCUT2D eigenvalue weighted by Crippen LogP contribution is 2.16. The van der Waals surface area contributed by atoms with Gasteiger partial charge in [-0.05, 0) is 25.1 Å². The van der Waals surface area contributed by atoms with Crippen LogP contribution in [0.2, 0.25) is 0 Å². The van der Waals surface area contributed by atoms with Crippen molar-refractivity contribution in [3.8, 4) is 6.07 Å². The Morgan fingerprint density at radius 3 is 2.89 bits per heavy atom. The molecule has 2 rings (SSSR count). The lowest BCUT2D eigenvalue weighted by molar-refractivity contribution is 0.0965. The molecule has 0 aliphatic heterocycles. The van der Waals surface area contributed by atoms with E-state index in [-0.39, 0.29) is 11.7 Å². The number of pyridine rings is 1. The zero-order chi connectivity index (χ0) is 13.1. The number of aromatic nitrogens is 1. The molecule has 2 heterocycles. The van der Waals surface area contributed by atoms with E-state index in [0.717, 1.165) is 5.56 Å². The van der Waals surface area contributed by atoms with Gasteiger partial charge < -0.3 is 4.42 Å². The Morgan fingerprint density at radius 1 is 1.50 bits per heavy atom. The second kappa shape index (κ2) is 4.72. The van der Waals surface area contributed by atoms with Crippen molar-refractivity contribution < 1.29 is 9.21 Å². The molecule has 0 radical (unpaired) electrons. The van der Waals surface area contributed by atoms with Crippen molar-refractivity contribution in [1.82, 2.24) is 4.98 Å². The second-order valence-electron chi connectivity index (χ2n) is 3.81. The van der Waals surface area contributed by atoms with E-state index in [2.05, 4.69) is 4.98 Å². The molecule has 5 heteroatoms. The number of furan rings is 1. The molecular formula is C13H11N3O2. The summed E-state index contributed by atoms with van der Waals surface area (Å²) >= 11 is 0. The lowest BCUT2D eigenvalue weighted by atomic mass is 10.2. The number of anilines is 1. The monoisotopic (exact) mass is 241 g/mol. The van der Waals surface area contributed by atoms with Crippen LogP contribution in [-0.4, -0.2) is 17.9 Å². The van der Waals surface area contributed by atoms with Gasteiger partial charge in [-0.1, -0.05) is 0 Å². The molecule has 0 fully saturated rings. The number of carbonyl (C=O) groups is 1. The van der Waals surface area contributed by atoms with Crippen molar-refractivity contribution in [2.45, 2.75) is 6.92 Å². The number of hydrogen-bond acceptors (Lipinski definition) is 4. The Morgan fingerprint density at radius 2 is 2.28 bits per heavy atom. The predicted octanol–water partition coefficient (Wildman–Crippen LogP) is 2.13. The molecule has 0 aliphatic carbocycles. The molecule has 5 nitrogen and oxygen atoms in total. The first-order valence-corrected chi connectivity index (χ1v) is 5.32. The maximum atomic E-state index is 12.1. The molecule has 18 heavy (non-hydrogen) atoms. The molecule has 0 aliphatic rings. The van der Waals surface area contributed by atoms with Gasteiger partial charge in [0.25, 0.3) is 5.91 Å². The number of hydrogen-bond donors (Lipinski definition) is 0. The summed E-state index contributed by atoms with van der Waals surface area (Å²) in [7, 11) is 1.59. The van der Waals surface area contributed by atoms with Gasteiger partial charge in [-0.15, -0.1) is 0 Å². The fourth-order valence-corrected chi connectivity index (χ4v) is 1.52. The smallest absolute Gasteiger partial charge is 0.295 e. The topological polar surface area (TPSA) is 70.1 Å². The average molecular weight is 241 g/mol. The Bertz CT molecular complexity index is 625. The first-order chi connectivity index (χ1) is 8.63. The number of nitrogens with zero attached hydrogens (tertiary/aromatic N) is 3. The van der Waals surface area contributed by atoms with Crippen molar-refractivity contribution in [3.63, 3.8) is 0 Å². The fraction of sp³-hybridized carbons (Fsp3) is 0.154. The first kappa shape index (κ1) is 11.9. The normalized spacial score (nSPS) is 9.83. The zero-order valence-corrected chi connectivity index (χ0v) is 10.0. The van der Waals surface area contributed by atoms with Crippen LogP contribution >= 0.6 is 0 Å². The molecule has 0 bridgehead atoms. The van der Waals surface area contributed by atoms with E-state index in [9.17, 15) is 4.79 Å². The Labute approximate surface area is 104 Å². The van der Waals surface area contributed by atoms with Crippen molar-refractivity contribution in [3.05, 3.63) is 47.5 Å². The molecule has 0 atom stereocenters. The summed E-state index contributed by atoms with van der Waals surface area (Å²) in [6.45, 7) is 1.80. The number of nitriles is 1. The Hall–Kier alpha value is -2.61. The van der Waals surface area contributed by atoms with Gasteiger partial charge in [-0.2, -0.15) is 5.26 Å². The molecule has 2 aromatic heterocycles. The number of amides is 1. The molecule has 1 amide bonds.